The van der Waals surface area contributed by atoms with Gasteiger partial charge in [0.05, 0.1) is 0 Å². The smallest absolute Gasteiger partial charge is 0.128 e. The minimum atomic E-state index is -0.217. The number of halogens is 1. The Hall–Kier alpha value is -1.05. The van der Waals surface area contributed by atoms with Crippen molar-refractivity contribution in [3.05, 3.63) is 28.6 Å². The summed E-state index contributed by atoms with van der Waals surface area (Å²) in [5.41, 5.74) is 8.65. The minimum absolute atomic E-state index is 0.217. The topological polar surface area (TPSA) is 26.0 Å². The maximum absolute atomic E-state index is 12.9. The first-order chi connectivity index (χ1) is 5.04. The number of aryl methyl sites for hydroxylation is 1. The number of rotatable bonds is 0. The fraction of sp³-hybridized carbons (Fsp3) is 0.333. The lowest BCUT2D eigenvalue weighted by Crippen LogP contribution is -1.98. The second-order valence-corrected chi connectivity index (χ2v) is 2.84. The zero-order chi connectivity index (χ0) is 8.59. The van der Waals surface area contributed by atoms with Crippen LogP contribution in [-0.4, -0.2) is 0 Å². The van der Waals surface area contributed by atoms with Crippen LogP contribution in [0.4, 0.5) is 10.1 Å². The highest BCUT2D eigenvalue weighted by molar-refractivity contribution is 5.56. The molecule has 1 aromatic rings. The van der Waals surface area contributed by atoms with Gasteiger partial charge in [0.2, 0.25) is 0 Å². The fourth-order valence-electron chi connectivity index (χ4n) is 1.03. The Balaban J connectivity index is 3.46. The monoisotopic (exact) mass is 153 g/mol. The Bertz CT molecular complexity index is 266. The lowest BCUT2D eigenvalue weighted by molar-refractivity contribution is 0.617. The van der Waals surface area contributed by atoms with Crippen molar-refractivity contribution in [2.45, 2.75) is 20.8 Å². The van der Waals surface area contributed by atoms with Gasteiger partial charge < -0.3 is 5.73 Å². The molecule has 0 aromatic heterocycles. The molecule has 0 spiro atoms. The quantitative estimate of drug-likeness (QED) is 0.569. The van der Waals surface area contributed by atoms with Crippen LogP contribution in [-0.2, 0) is 0 Å². The molecule has 0 bridgehead atoms. The standard InChI is InChI=1S/C9H12FN/c1-5-4-8(10)7(3)9(11)6(5)2/h4H,11H2,1-3H3. The molecule has 60 valence electrons. The molecule has 0 atom stereocenters. The van der Waals surface area contributed by atoms with E-state index in [1.165, 1.54) is 6.07 Å². The van der Waals surface area contributed by atoms with Crippen LogP contribution in [0.15, 0.2) is 6.07 Å². The second kappa shape index (κ2) is 2.53. The SMILES string of the molecule is Cc1cc(F)c(C)c(N)c1C. The van der Waals surface area contributed by atoms with E-state index in [0.717, 1.165) is 11.1 Å². The first kappa shape index (κ1) is 8.05. The molecule has 0 heterocycles. The zero-order valence-corrected chi connectivity index (χ0v) is 7.03. The summed E-state index contributed by atoms with van der Waals surface area (Å²) in [4.78, 5) is 0. The Morgan fingerprint density at radius 3 is 2.27 bits per heavy atom. The molecule has 11 heavy (non-hydrogen) atoms. The van der Waals surface area contributed by atoms with Crippen molar-refractivity contribution < 1.29 is 4.39 Å². The number of hydrogen-bond donors (Lipinski definition) is 1. The van der Waals surface area contributed by atoms with Gasteiger partial charge in [0.15, 0.2) is 0 Å². The molecule has 0 unspecified atom stereocenters. The van der Waals surface area contributed by atoms with E-state index in [9.17, 15) is 4.39 Å². The van der Waals surface area contributed by atoms with Gasteiger partial charge in [0, 0.05) is 11.3 Å². The number of hydrogen-bond acceptors (Lipinski definition) is 1. The molecule has 0 fully saturated rings. The van der Waals surface area contributed by atoms with E-state index < -0.39 is 0 Å². The average Bonchev–Trinajstić information content (AvgIpc) is 1.97. The summed E-state index contributed by atoms with van der Waals surface area (Å²) in [5.74, 6) is -0.217. The molecule has 2 heteroatoms. The largest absolute Gasteiger partial charge is 0.398 e. The van der Waals surface area contributed by atoms with E-state index in [0.29, 0.717) is 11.3 Å². The third kappa shape index (κ3) is 1.20. The van der Waals surface area contributed by atoms with Crippen LogP contribution in [0.2, 0.25) is 0 Å². The number of nitrogens with two attached hydrogens (primary N) is 1. The first-order valence-electron chi connectivity index (χ1n) is 3.56. The van der Waals surface area contributed by atoms with Gasteiger partial charge in [-0.25, -0.2) is 4.39 Å². The van der Waals surface area contributed by atoms with Crippen LogP contribution in [0, 0.1) is 26.6 Å². The third-order valence-electron chi connectivity index (χ3n) is 2.10. The molecule has 0 radical (unpaired) electrons. The fourth-order valence-corrected chi connectivity index (χ4v) is 1.03. The van der Waals surface area contributed by atoms with Crippen molar-refractivity contribution in [2.24, 2.45) is 0 Å². The summed E-state index contributed by atoms with van der Waals surface area (Å²) in [6, 6.07) is 1.51. The van der Waals surface area contributed by atoms with Gasteiger partial charge in [-0.1, -0.05) is 0 Å². The molecular weight excluding hydrogens is 141 g/mol. The van der Waals surface area contributed by atoms with Crippen LogP contribution in [0.1, 0.15) is 16.7 Å². The first-order valence-corrected chi connectivity index (χ1v) is 3.56. The Labute approximate surface area is 66.0 Å². The van der Waals surface area contributed by atoms with E-state index in [2.05, 4.69) is 0 Å². The molecule has 0 saturated carbocycles. The molecule has 0 aliphatic heterocycles. The summed E-state index contributed by atoms with van der Waals surface area (Å²) >= 11 is 0. The molecular formula is C9H12FN. The van der Waals surface area contributed by atoms with Crippen LogP contribution in [0.3, 0.4) is 0 Å². The summed E-state index contributed by atoms with van der Waals surface area (Å²) in [6.45, 7) is 5.45. The Morgan fingerprint density at radius 1 is 1.18 bits per heavy atom. The Kier molecular flexibility index (Phi) is 1.85. The van der Waals surface area contributed by atoms with Gasteiger partial charge in [-0.05, 0) is 38.0 Å². The van der Waals surface area contributed by atoms with Gasteiger partial charge >= 0.3 is 0 Å². The molecule has 0 amide bonds. The van der Waals surface area contributed by atoms with Crippen LogP contribution < -0.4 is 5.73 Å². The van der Waals surface area contributed by atoms with Crippen molar-refractivity contribution in [1.82, 2.24) is 0 Å². The van der Waals surface area contributed by atoms with E-state index >= 15 is 0 Å². The Morgan fingerprint density at radius 2 is 1.73 bits per heavy atom. The molecule has 0 aliphatic carbocycles. The van der Waals surface area contributed by atoms with Crippen LogP contribution >= 0.6 is 0 Å². The van der Waals surface area contributed by atoms with Crippen LogP contribution in [0.25, 0.3) is 0 Å². The average molecular weight is 153 g/mol. The maximum Gasteiger partial charge on any atom is 0.128 e. The van der Waals surface area contributed by atoms with E-state index in [1.54, 1.807) is 6.92 Å². The van der Waals surface area contributed by atoms with Gasteiger partial charge in [0.25, 0.3) is 0 Å². The molecule has 1 rings (SSSR count). The molecule has 1 aromatic carbocycles. The highest BCUT2D eigenvalue weighted by Crippen LogP contribution is 2.22. The summed E-state index contributed by atoms with van der Waals surface area (Å²) in [5, 5.41) is 0. The number of nitrogen functional groups attached to an aromatic ring is 1. The van der Waals surface area contributed by atoms with Crippen LogP contribution in [0.5, 0.6) is 0 Å². The number of benzene rings is 1. The lowest BCUT2D eigenvalue weighted by atomic mass is 10.0. The van der Waals surface area contributed by atoms with Crippen molar-refractivity contribution >= 4 is 5.69 Å². The van der Waals surface area contributed by atoms with E-state index in [4.69, 9.17) is 5.73 Å². The van der Waals surface area contributed by atoms with Gasteiger partial charge in [-0.3, -0.25) is 0 Å². The second-order valence-electron chi connectivity index (χ2n) is 2.84. The summed E-state index contributed by atoms with van der Waals surface area (Å²) in [7, 11) is 0. The third-order valence-corrected chi connectivity index (χ3v) is 2.10. The number of anilines is 1. The highest BCUT2D eigenvalue weighted by atomic mass is 19.1. The zero-order valence-electron chi connectivity index (χ0n) is 7.03. The predicted molar refractivity (Wildman–Crippen MR) is 45.0 cm³/mol. The lowest BCUT2D eigenvalue weighted by Gasteiger charge is -2.07. The van der Waals surface area contributed by atoms with Crippen molar-refractivity contribution in [2.75, 3.05) is 5.73 Å². The minimum Gasteiger partial charge on any atom is -0.398 e. The normalized spacial score (nSPS) is 10.2. The molecule has 0 aliphatic rings. The molecule has 0 saturated heterocycles. The summed E-state index contributed by atoms with van der Waals surface area (Å²) in [6.07, 6.45) is 0. The maximum atomic E-state index is 12.9. The van der Waals surface area contributed by atoms with E-state index in [-0.39, 0.29) is 5.82 Å². The van der Waals surface area contributed by atoms with Gasteiger partial charge in [-0.2, -0.15) is 0 Å². The van der Waals surface area contributed by atoms with Crippen molar-refractivity contribution in [3.8, 4) is 0 Å². The van der Waals surface area contributed by atoms with Crippen molar-refractivity contribution in [3.63, 3.8) is 0 Å². The van der Waals surface area contributed by atoms with Crippen molar-refractivity contribution in [1.29, 1.82) is 0 Å². The highest BCUT2D eigenvalue weighted by Gasteiger charge is 2.06. The van der Waals surface area contributed by atoms with Gasteiger partial charge in [-0.15, -0.1) is 0 Å². The summed E-state index contributed by atoms with van der Waals surface area (Å²) < 4.78 is 12.9. The molecule has 1 nitrogen and oxygen atoms in total. The van der Waals surface area contributed by atoms with Gasteiger partial charge in [0.1, 0.15) is 5.82 Å². The van der Waals surface area contributed by atoms with E-state index in [1.807, 2.05) is 13.8 Å². The molecule has 2 N–H and O–H groups in total. The predicted octanol–water partition coefficient (Wildman–Crippen LogP) is 2.33.